The maximum Gasteiger partial charge on any atom is 0.242 e. The molecule has 1 N–H and O–H groups in total. The largest absolute Gasteiger partial charge is 0.354 e. The van der Waals surface area contributed by atoms with Crippen LogP contribution in [0.3, 0.4) is 0 Å². The van der Waals surface area contributed by atoms with Gasteiger partial charge in [-0.05, 0) is 37.5 Å². The van der Waals surface area contributed by atoms with Crippen molar-refractivity contribution in [3.8, 4) is 0 Å². The van der Waals surface area contributed by atoms with Crippen molar-refractivity contribution in [3.63, 3.8) is 0 Å². The Bertz CT molecular complexity index is 830. The maximum absolute atomic E-state index is 13.2. The van der Waals surface area contributed by atoms with E-state index < -0.39 is 6.04 Å². The zero-order chi connectivity index (χ0) is 21.6. The molecule has 0 saturated heterocycles. The van der Waals surface area contributed by atoms with E-state index in [4.69, 9.17) is 23.2 Å². The van der Waals surface area contributed by atoms with Gasteiger partial charge in [-0.1, -0.05) is 72.9 Å². The predicted molar refractivity (Wildman–Crippen MR) is 119 cm³/mol. The molecule has 0 saturated carbocycles. The van der Waals surface area contributed by atoms with Crippen molar-refractivity contribution in [2.75, 3.05) is 6.54 Å². The Balaban J connectivity index is 2.27. The lowest BCUT2D eigenvalue weighted by Crippen LogP contribution is -2.48. The molecule has 0 radical (unpaired) electrons. The van der Waals surface area contributed by atoms with Crippen LogP contribution in [0.5, 0.6) is 0 Å². The lowest BCUT2D eigenvalue weighted by atomic mass is 10.1. The standard InChI is InChI=1S/C23H28Cl2N2O2/c1-15(2)13-26-23(29)17(4)27(14-19-20(24)6-5-7-21(19)25)22(28)12-18-10-8-16(3)9-11-18/h5-11,15,17H,12-14H2,1-4H3,(H,26,29)/t17-/m1/s1. The van der Waals surface area contributed by atoms with Crippen LogP contribution in [-0.4, -0.2) is 29.3 Å². The van der Waals surface area contributed by atoms with Crippen LogP contribution in [0, 0.1) is 12.8 Å². The van der Waals surface area contributed by atoms with E-state index in [-0.39, 0.29) is 24.8 Å². The van der Waals surface area contributed by atoms with Gasteiger partial charge < -0.3 is 10.2 Å². The third-order valence-electron chi connectivity index (χ3n) is 4.72. The molecule has 4 nitrogen and oxygen atoms in total. The molecule has 0 aliphatic carbocycles. The van der Waals surface area contributed by atoms with Crippen molar-refractivity contribution in [3.05, 3.63) is 69.2 Å². The molecule has 0 fully saturated rings. The summed E-state index contributed by atoms with van der Waals surface area (Å²) >= 11 is 12.6. The maximum atomic E-state index is 13.2. The number of nitrogens with one attached hydrogen (secondary N) is 1. The first-order valence-corrected chi connectivity index (χ1v) is 10.5. The van der Waals surface area contributed by atoms with Crippen molar-refractivity contribution >= 4 is 35.0 Å². The van der Waals surface area contributed by atoms with Gasteiger partial charge in [0, 0.05) is 28.7 Å². The van der Waals surface area contributed by atoms with Crippen molar-refractivity contribution in [1.29, 1.82) is 0 Å². The Hall–Kier alpha value is -2.04. The average Bonchev–Trinajstić information content (AvgIpc) is 2.67. The SMILES string of the molecule is Cc1ccc(CC(=O)N(Cc2c(Cl)cccc2Cl)[C@H](C)C(=O)NCC(C)C)cc1. The number of hydrogen-bond acceptors (Lipinski definition) is 2. The van der Waals surface area contributed by atoms with Gasteiger partial charge in [0.25, 0.3) is 0 Å². The van der Waals surface area contributed by atoms with E-state index >= 15 is 0 Å². The summed E-state index contributed by atoms with van der Waals surface area (Å²) in [4.78, 5) is 27.4. The Morgan fingerprint density at radius 3 is 2.14 bits per heavy atom. The minimum atomic E-state index is -0.654. The lowest BCUT2D eigenvalue weighted by Gasteiger charge is -2.29. The molecule has 0 aliphatic rings. The first-order valence-electron chi connectivity index (χ1n) is 9.74. The summed E-state index contributed by atoms with van der Waals surface area (Å²) in [5.74, 6) is -0.0305. The molecule has 0 aromatic heterocycles. The summed E-state index contributed by atoms with van der Waals surface area (Å²) in [7, 11) is 0. The number of rotatable bonds is 8. The predicted octanol–water partition coefficient (Wildman–Crippen LogP) is 5.03. The third kappa shape index (κ3) is 6.76. The van der Waals surface area contributed by atoms with Gasteiger partial charge in [0.1, 0.15) is 6.04 Å². The highest BCUT2D eigenvalue weighted by molar-refractivity contribution is 6.36. The van der Waals surface area contributed by atoms with E-state index in [1.807, 2.05) is 45.0 Å². The summed E-state index contributed by atoms with van der Waals surface area (Å²) in [5, 5.41) is 3.85. The molecule has 29 heavy (non-hydrogen) atoms. The van der Waals surface area contributed by atoms with Crippen LogP contribution in [0.1, 0.15) is 37.5 Å². The molecule has 0 spiro atoms. The van der Waals surface area contributed by atoms with Gasteiger partial charge in [-0.3, -0.25) is 9.59 Å². The quantitative estimate of drug-likeness (QED) is 0.632. The number of carbonyl (C=O) groups is 2. The van der Waals surface area contributed by atoms with Gasteiger partial charge in [0.15, 0.2) is 0 Å². The molecule has 2 aromatic carbocycles. The fourth-order valence-corrected chi connectivity index (χ4v) is 3.39. The molecular weight excluding hydrogens is 407 g/mol. The number of hydrogen-bond donors (Lipinski definition) is 1. The normalized spacial score (nSPS) is 12.0. The summed E-state index contributed by atoms with van der Waals surface area (Å²) in [6.45, 7) is 8.49. The minimum Gasteiger partial charge on any atom is -0.354 e. The van der Waals surface area contributed by atoms with Gasteiger partial charge in [-0.2, -0.15) is 0 Å². The van der Waals surface area contributed by atoms with Crippen LogP contribution in [0.25, 0.3) is 0 Å². The fraction of sp³-hybridized carbons (Fsp3) is 0.391. The number of carbonyl (C=O) groups excluding carboxylic acids is 2. The second-order valence-corrected chi connectivity index (χ2v) is 8.51. The van der Waals surface area contributed by atoms with Gasteiger partial charge in [-0.25, -0.2) is 0 Å². The summed E-state index contributed by atoms with van der Waals surface area (Å²) < 4.78 is 0. The summed E-state index contributed by atoms with van der Waals surface area (Å²) in [6, 6.07) is 12.4. The Morgan fingerprint density at radius 2 is 1.59 bits per heavy atom. The van der Waals surface area contributed by atoms with E-state index in [9.17, 15) is 9.59 Å². The molecule has 0 bridgehead atoms. The smallest absolute Gasteiger partial charge is 0.242 e. The zero-order valence-corrected chi connectivity index (χ0v) is 18.8. The van der Waals surface area contributed by atoms with Gasteiger partial charge in [0.05, 0.1) is 6.42 Å². The van der Waals surface area contributed by atoms with E-state index in [2.05, 4.69) is 5.32 Å². The zero-order valence-electron chi connectivity index (χ0n) is 17.3. The average molecular weight is 435 g/mol. The van der Waals surface area contributed by atoms with Gasteiger partial charge in [-0.15, -0.1) is 0 Å². The Kier molecular flexibility index (Phi) is 8.54. The number of halogens is 2. The van der Waals surface area contributed by atoms with Gasteiger partial charge >= 0.3 is 0 Å². The van der Waals surface area contributed by atoms with Gasteiger partial charge in [0.2, 0.25) is 11.8 Å². The van der Waals surface area contributed by atoms with Crippen molar-refractivity contribution in [2.24, 2.45) is 5.92 Å². The van der Waals surface area contributed by atoms with Crippen molar-refractivity contribution < 1.29 is 9.59 Å². The van der Waals surface area contributed by atoms with Crippen molar-refractivity contribution in [2.45, 2.75) is 46.7 Å². The second kappa shape index (κ2) is 10.7. The highest BCUT2D eigenvalue weighted by Crippen LogP contribution is 2.27. The fourth-order valence-electron chi connectivity index (χ4n) is 2.87. The van der Waals surface area contributed by atoms with Crippen LogP contribution < -0.4 is 5.32 Å². The number of amides is 2. The molecule has 6 heteroatoms. The highest BCUT2D eigenvalue weighted by Gasteiger charge is 2.27. The van der Waals surface area contributed by atoms with E-state index in [0.717, 1.165) is 11.1 Å². The van der Waals surface area contributed by atoms with E-state index in [1.165, 1.54) is 0 Å². The molecular formula is C23H28Cl2N2O2. The molecule has 2 aromatic rings. The monoisotopic (exact) mass is 434 g/mol. The molecule has 0 unspecified atom stereocenters. The Labute approximate surface area is 183 Å². The second-order valence-electron chi connectivity index (χ2n) is 7.70. The van der Waals surface area contributed by atoms with Crippen LogP contribution in [0.2, 0.25) is 10.0 Å². The molecule has 2 amide bonds. The van der Waals surface area contributed by atoms with Crippen LogP contribution in [-0.2, 0) is 22.6 Å². The van der Waals surface area contributed by atoms with Crippen molar-refractivity contribution in [1.82, 2.24) is 10.2 Å². The van der Waals surface area contributed by atoms with Crippen LogP contribution >= 0.6 is 23.2 Å². The first kappa shape index (κ1) is 23.2. The first-order chi connectivity index (χ1) is 13.7. The van der Waals surface area contributed by atoms with E-state index in [0.29, 0.717) is 28.1 Å². The van der Waals surface area contributed by atoms with Crippen LogP contribution in [0.15, 0.2) is 42.5 Å². The molecule has 156 valence electrons. The lowest BCUT2D eigenvalue weighted by molar-refractivity contribution is -0.140. The summed E-state index contributed by atoms with van der Waals surface area (Å²) in [6.07, 6.45) is 0.199. The molecule has 0 aliphatic heterocycles. The number of benzene rings is 2. The number of nitrogens with zero attached hydrogens (tertiary/aromatic N) is 1. The summed E-state index contributed by atoms with van der Waals surface area (Å²) in [5.41, 5.74) is 2.66. The molecule has 0 heterocycles. The Morgan fingerprint density at radius 1 is 1.00 bits per heavy atom. The molecule has 2 rings (SSSR count). The minimum absolute atomic E-state index is 0.156. The topological polar surface area (TPSA) is 49.4 Å². The highest BCUT2D eigenvalue weighted by atomic mass is 35.5. The van der Waals surface area contributed by atoms with Crippen LogP contribution in [0.4, 0.5) is 0 Å². The third-order valence-corrected chi connectivity index (χ3v) is 5.43. The van der Waals surface area contributed by atoms with E-state index in [1.54, 1.807) is 30.0 Å². The number of aryl methyl sites for hydroxylation is 1. The molecule has 1 atom stereocenters.